The Hall–Kier alpha value is -1.95. The van der Waals surface area contributed by atoms with Crippen LogP contribution in [0.15, 0.2) is 12.1 Å². The number of carbonyl (C=O) groups excluding carboxylic acids is 1. The number of hydrogen-bond acceptors (Lipinski definition) is 4. The minimum absolute atomic E-state index is 0.123. The van der Waals surface area contributed by atoms with Crippen LogP contribution < -0.4 is 5.73 Å². The highest BCUT2D eigenvalue weighted by molar-refractivity contribution is 5.94. The minimum atomic E-state index is -1.03. The molecule has 0 spiro atoms. The summed E-state index contributed by atoms with van der Waals surface area (Å²) in [7, 11) is 0. The molecule has 2 rings (SSSR count). The summed E-state index contributed by atoms with van der Waals surface area (Å²) in [6, 6.07) is 2.89. The number of aryl methyl sites for hydroxylation is 1. The van der Waals surface area contributed by atoms with E-state index in [0.717, 1.165) is 6.42 Å². The zero-order chi connectivity index (χ0) is 14.0. The molecular formula is C13H17N3O3. The average molecular weight is 263 g/mol. The van der Waals surface area contributed by atoms with Crippen molar-refractivity contribution in [3.63, 3.8) is 0 Å². The molecular weight excluding hydrogens is 246 g/mol. The molecule has 6 nitrogen and oxygen atoms in total. The number of nitrogens with two attached hydrogens (primary N) is 1. The van der Waals surface area contributed by atoms with E-state index in [1.54, 1.807) is 11.8 Å². The number of carbonyl (C=O) groups is 2. The predicted molar refractivity (Wildman–Crippen MR) is 69.0 cm³/mol. The molecule has 1 atom stereocenters. The zero-order valence-corrected chi connectivity index (χ0v) is 10.8. The number of aromatic nitrogens is 1. The number of carboxylic acid groups (broad SMARTS) is 1. The molecule has 0 bridgehead atoms. The summed E-state index contributed by atoms with van der Waals surface area (Å²) in [6.07, 6.45) is 0.911. The van der Waals surface area contributed by atoms with Crippen LogP contribution in [0.2, 0.25) is 0 Å². The Balaban J connectivity index is 2.16. The van der Waals surface area contributed by atoms with E-state index in [2.05, 4.69) is 4.98 Å². The largest absolute Gasteiger partial charge is 0.478 e. The second kappa shape index (κ2) is 5.36. The topological polar surface area (TPSA) is 96.5 Å². The van der Waals surface area contributed by atoms with Gasteiger partial charge in [-0.3, -0.25) is 4.79 Å². The number of pyridine rings is 1. The van der Waals surface area contributed by atoms with Crippen LogP contribution in [-0.4, -0.2) is 46.5 Å². The molecule has 1 fully saturated rings. The predicted octanol–water partition coefficient (Wildman–Crippen LogP) is 0.509. The van der Waals surface area contributed by atoms with Crippen molar-refractivity contribution in [3.05, 3.63) is 29.1 Å². The Bertz CT molecular complexity index is 516. The number of carboxylic acids is 1. The fraction of sp³-hybridized carbons (Fsp3) is 0.462. The van der Waals surface area contributed by atoms with Crippen molar-refractivity contribution in [2.24, 2.45) is 11.7 Å². The van der Waals surface area contributed by atoms with Crippen molar-refractivity contribution in [1.82, 2.24) is 9.88 Å². The summed E-state index contributed by atoms with van der Waals surface area (Å²) < 4.78 is 0. The van der Waals surface area contributed by atoms with Crippen molar-refractivity contribution in [1.29, 1.82) is 0 Å². The number of hydrogen-bond donors (Lipinski definition) is 2. The molecule has 6 heteroatoms. The van der Waals surface area contributed by atoms with E-state index in [9.17, 15) is 9.59 Å². The SMILES string of the molecule is Cc1nc(C(=O)N2CCC(CN)C2)ccc1C(=O)O. The molecule has 1 aromatic heterocycles. The van der Waals surface area contributed by atoms with Gasteiger partial charge in [0, 0.05) is 13.1 Å². The van der Waals surface area contributed by atoms with E-state index < -0.39 is 5.97 Å². The van der Waals surface area contributed by atoms with Gasteiger partial charge in [0.2, 0.25) is 0 Å². The lowest BCUT2D eigenvalue weighted by molar-refractivity contribution is 0.0693. The van der Waals surface area contributed by atoms with Crippen molar-refractivity contribution in [3.8, 4) is 0 Å². The van der Waals surface area contributed by atoms with Crippen LogP contribution in [0, 0.1) is 12.8 Å². The van der Waals surface area contributed by atoms with Crippen molar-refractivity contribution >= 4 is 11.9 Å². The van der Waals surface area contributed by atoms with Crippen LogP contribution in [0.25, 0.3) is 0 Å². The van der Waals surface area contributed by atoms with E-state index >= 15 is 0 Å². The van der Waals surface area contributed by atoms with Gasteiger partial charge in [0.1, 0.15) is 5.69 Å². The van der Waals surface area contributed by atoms with E-state index in [1.807, 2.05) is 0 Å². The number of nitrogens with zero attached hydrogens (tertiary/aromatic N) is 2. The summed E-state index contributed by atoms with van der Waals surface area (Å²) in [6.45, 7) is 3.50. The Morgan fingerprint density at radius 1 is 1.53 bits per heavy atom. The van der Waals surface area contributed by atoms with Gasteiger partial charge < -0.3 is 15.7 Å². The highest BCUT2D eigenvalue weighted by atomic mass is 16.4. The molecule has 1 saturated heterocycles. The van der Waals surface area contributed by atoms with E-state index in [0.29, 0.717) is 36.9 Å². The Kier molecular flexibility index (Phi) is 3.80. The molecule has 1 aliphatic heterocycles. The third-order valence-electron chi connectivity index (χ3n) is 3.44. The Labute approximate surface area is 111 Å². The molecule has 1 amide bonds. The molecule has 2 heterocycles. The summed E-state index contributed by atoms with van der Waals surface area (Å²) >= 11 is 0. The lowest BCUT2D eigenvalue weighted by atomic mass is 10.1. The number of aromatic carboxylic acids is 1. The first-order chi connectivity index (χ1) is 9.02. The van der Waals surface area contributed by atoms with Crippen LogP contribution in [-0.2, 0) is 0 Å². The second-order valence-electron chi connectivity index (χ2n) is 4.78. The maximum atomic E-state index is 12.2. The molecule has 0 aromatic carbocycles. The van der Waals surface area contributed by atoms with Crippen LogP contribution in [0.3, 0.4) is 0 Å². The molecule has 1 unspecified atom stereocenters. The summed E-state index contributed by atoms with van der Waals surface area (Å²) in [5, 5.41) is 8.92. The molecule has 0 radical (unpaired) electrons. The first-order valence-corrected chi connectivity index (χ1v) is 6.23. The van der Waals surface area contributed by atoms with Gasteiger partial charge in [0.25, 0.3) is 5.91 Å². The van der Waals surface area contributed by atoms with E-state index in [-0.39, 0.29) is 11.5 Å². The molecule has 3 N–H and O–H groups in total. The first-order valence-electron chi connectivity index (χ1n) is 6.23. The molecule has 0 aliphatic carbocycles. The third kappa shape index (κ3) is 2.73. The molecule has 0 saturated carbocycles. The normalized spacial score (nSPS) is 18.6. The highest BCUT2D eigenvalue weighted by Crippen LogP contribution is 2.17. The lowest BCUT2D eigenvalue weighted by Crippen LogP contribution is -2.30. The summed E-state index contributed by atoms with van der Waals surface area (Å²) in [5.41, 5.74) is 6.36. The Morgan fingerprint density at radius 3 is 2.79 bits per heavy atom. The van der Waals surface area contributed by atoms with Gasteiger partial charge in [-0.25, -0.2) is 9.78 Å². The number of rotatable bonds is 3. The fourth-order valence-electron chi connectivity index (χ4n) is 2.28. The van der Waals surface area contributed by atoms with Gasteiger partial charge in [-0.05, 0) is 37.9 Å². The lowest BCUT2D eigenvalue weighted by Gasteiger charge is -2.16. The maximum absolute atomic E-state index is 12.2. The smallest absolute Gasteiger partial charge is 0.337 e. The van der Waals surface area contributed by atoms with E-state index in [1.165, 1.54) is 12.1 Å². The third-order valence-corrected chi connectivity index (χ3v) is 3.44. The van der Waals surface area contributed by atoms with Crippen LogP contribution in [0.1, 0.15) is 33.0 Å². The van der Waals surface area contributed by atoms with Gasteiger partial charge in [-0.1, -0.05) is 0 Å². The zero-order valence-electron chi connectivity index (χ0n) is 10.8. The minimum Gasteiger partial charge on any atom is -0.478 e. The standard InChI is InChI=1S/C13H17N3O3/c1-8-10(13(18)19)2-3-11(15-8)12(17)16-5-4-9(6-14)7-16/h2-3,9H,4-7,14H2,1H3,(H,18,19). The number of likely N-dealkylation sites (tertiary alicyclic amines) is 1. The van der Waals surface area contributed by atoms with Crippen LogP contribution in [0.4, 0.5) is 0 Å². The molecule has 102 valence electrons. The van der Waals surface area contributed by atoms with Crippen LogP contribution >= 0.6 is 0 Å². The first kappa shape index (κ1) is 13.5. The fourth-order valence-corrected chi connectivity index (χ4v) is 2.28. The quantitative estimate of drug-likeness (QED) is 0.828. The summed E-state index contributed by atoms with van der Waals surface area (Å²) in [4.78, 5) is 28.9. The van der Waals surface area contributed by atoms with Gasteiger partial charge in [0.15, 0.2) is 0 Å². The Morgan fingerprint density at radius 2 is 2.26 bits per heavy atom. The molecule has 1 aromatic rings. The van der Waals surface area contributed by atoms with Gasteiger partial charge in [-0.2, -0.15) is 0 Å². The average Bonchev–Trinajstić information content (AvgIpc) is 2.86. The molecule has 1 aliphatic rings. The van der Waals surface area contributed by atoms with Gasteiger partial charge >= 0.3 is 5.97 Å². The van der Waals surface area contributed by atoms with Gasteiger partial charge in [-0.15, -0.1) is 0 Å². The van der Waals surface area contributed by atoms with E-state index in [4.69, 9.17) is 10.8 Å². The molecule has 19 heavy (non-hydrogen) atoms. The monoisotopic (exact) mass is 263 g/mol. The number of amides is 1. The van der Waals surface area contributed by atoms with Crippen LogP contribution in [0.5, 0.6) is 0 Å². The van der Waals surface area contributed by atoms with Gasteiger partial charge in [0.05, 0.1) is 11.3 Å². The van der Waals surface area contributed by atoms with Crippen molar-refractivity contribution < 1.29 is 14.7 Å². The maximum Gasteiger partial charge on any atom is 0.337 e. The van der Waals surface area contributed by atoms with Crippen molar-refractivity contribution in [2.75, 3.05) is 19.6 Å². The highest BCUT2D eigenvalue weighted by Gasteiger charge is 2.27. The second-order valence-corrected chi connectivity index (χ2v) is 4.78. The summed E-state index contributed by atoms with van der Waals surface area (Å²) in [5.74, 6) is -0.840. The van der Waals surface area contributed by atoms with Crippen molar-refractivity contribution in [2.45, 2.75) is 13.3 Å².